The molecule has 0 saturated carbocycles. The van der Waals surface area contributed by atoms with Gasteiger partial charge in [-0.3, -0.25) is 0 Å². The van der Waals surface area contributed by atoms with Crippen molar-refractivity contribution in [3.8, 4) is 0 Å². The van der Waals surface area contributed by atoms with Crippen LogP contribution in [0.2, 0.25) is 0 Å². The molecule has 1 heterocycles. The second-order valence-corrected chi connectivity index (χ2v) is 5.67. The number of aliphatic hydroxyl groups excluding tert-OH is 3. The van der Waals surface area contributed by atoms with Crippen molar-refractivity contribution in [1.29, 1.82) is 0 Å². The highest BCUT2D eigenvalue weighted by Gasteiger charge is 2.54. The van der Waals surface area contributed by atoms with Crippen molar-refractivity contribution in [3.63, 3.8) is 0 Å². The summed E-state index contributed by atoms with van der Waals surface area (Å²) < 4.78 is 4.95. The number of aliphatic hydroxyl groups is 4. The second kappa shape index (κ2) is 8.05. The van der Waals surface area contributed by atoms with Gasteiger partial charge in [-0.05, 0) is 6.42 Å². The molecular formula is C14H26O7. The van der Waals surface area contributed by atoms with Crippen LogP contribution >= 0.6 is 0 Å². The molecule has 1 rings (SSSR count). The molecule has 0 bridgehead atoms. The van der Waals surface area contributed by atoms with E-state index in [1.54, 1.807) is 0 Å². The van der Waals surface area contributed by atoms with Crippen molar-refractivity contribution < 1.29 is 35.1 Å². The SMILES string of the molecule is CCCCCCCCC1(O)O[C@H](C(=O)O)[C@H](O)[C@H](O)[C@H]1O. The summed E-state index contributed by atoms with van der Waals surface area (Å²) in [4.78, 5) is 11.0. The monoisotopic (exact) mass is 306 g/mol. The molecule has 1 unspecified atom stereocenters. The molecule has 124 valence electrons. The minimum absolute atomic E-state index is 0.00779. The van der Waals surface area contributed by atoms with E-state index in [9.17, 15) is 25.2 Å². The highest BCUT2D eigenvalue weighted by Crippen LogP contribution is 2.32. The van der Waals surface area contributed by atoms with Crippen LogP contribution in [0.1, 0.15) is 51.9 Å². The van der Waals surface area contributed by atoms with E-state index in [0.29, 0.717) is 6.42 Å². The predicted molar refractivity (Wildman–Crippen MR) is 73.5 cm³/mol. The molecule has 0 aromatic carbocycles. The van der Waals surface area contributed by atoms with Crippen LogP contribution in [-0.2, 0) is 9.53 Å². The lowest BCUT2D eigenvalue weighted by atomic mass is 9.89. The maximum Gasteiger partial charge on any atom is 0.335 e. The average molecular weight is 306 g/mol. The topological polar surface area (TPSA) is 127 Å². The third-order valence-electron chi connectivity index (χ3n) is 3.91. The van der Waals surface area contributed by atoms with Crippen molar-refractivity contribution in [2.24, 2.45) is 0 Å². The predicted octanol–water partition coefficient (Wildman–Crippen LogP) is -0.00830. The standard InChI is InChI=1S/C14H26O7/c1-2-3-4-5-6-7-8-14(20)12(17)10(16)9(15)11(21-14)13(18)19/h9-12,15-17,20H,2-8H2,1H3,(H,18,19)/t9-,10+,11+,12-,14?/m1/s1. The Balaban J connectivity index is 2.54. The van der Waals surface area contributed by atoms with Crippen LogP contribution < -0.4 is 0 Å². The average Bonchev–Trinajstić information content (AvgIpc) is 2.44. The number of ether oxygens (including phenoxy) is 1. The number of rotatable bonds is 8. The van der Waals surface area contributed by atoms with Crippen LogP contribution in [0.15, 0.2) is 0 Å². The van der Waals surface area contributed by atoms with Crippen LogP contribution in [0.5, 0.6) is 0 Å². The fourth-order valence-electron chi connectivity index (χ4n) is 2.55. The zero-order valence-corrected chi connectivity index (χ0v) is 12.3. The number of aliphatic carboxylic acids is 1. The molecule has 0 aromatic heterocycles. The number of carbonyl (C=O) groups is 1. The van der Waals surface area contributed by atoms with Gasteiger partial charge >= 0.3 is 5.97 Å². The van der Waals surface area contributed by atoms with E-state index in [2.05, 4.69) is 6.92 Å². The quantitative estimate of drug-likeness (QED) is 0.399. The highest BCUT2D eigenvalue weighted by atomic mass is 16.7. The van der Waals surface area contributed by atoms with E-state index >= 15 is 0 Å². The van der Waals surface area contributed by atoms with E-state index in [4.69, 9.17) is 9.84 Å². The maximum absolute atomic E-state index is 11.0. The van der Waals surface area contributed by atoms with E-state index in [1.165, 1.54) is 0 Å². The molecule has 7 nitrogen and oxygen atoms in total. The molecular weight excluding hydrogens is 280 g/mol. The zero-order chi connectivity index (χ0) is 16.0. The smallest absolute Gasteiger partial charge is 0.335 e. The number of carboxylic acid groups (broad SMARTS) is 1. The largest absolute Gasteiger partial charge is 0.479 e. The summed E-state index contributed by atoms with van der Waals surface area (Å²) in [6.07, 6.45) is -1.36. The van der Waals surface area contributed by atoms with Crippen molar-refractivity contribution in [2.45, 2.75) is 82.1 Å². The van der Waals surface area contributed by atoms with E-state index < -0.39 is 36.2 Å². The highest BCUT2D eigenvalue weighted by molar-refractivity contribution is 5.73. The van der Waals surface area contributed by atoms with E-state index in [0.717, 1.165) is 32.1 Å². The summed E-state index contributed by atoms with van der Waals surface area (Å²) in [7, 11) is 0. The first-order valence-electron chi connectivity index (χ1n) is 7.50. The van der Waals surface area contributed by atoms with Gasteiger partial charge in [-0.2, -0.15) is 0 Å². The van der Waals surface area contributed by atoms with Gasteiger partial charge in [0.25, 0.3) is 0 Å². The van der Waals surface area contributed by atoms with Gasteiger partial charge in [-0.25, -0.2) is 4.79 Å². The van der Waals surface area contributed by atoms with Crippen LogP contribution in [0.25, 0.3) is 0 Å². The second-order valence-electron chi connectivity index (χ2n) is 5.67. The number of hydrogen-bond donors (Lipinski definition) is 5. The van der Waals surface area contributed by atoms with Gasteiger partial charge in [0.15, 0.2) is 11.9 Å². The van der Waals surface area contributed by atoms with E-state index in [-0.39, 0.29) is 6.42 Å². The summed E-state index contributed by atoms with van der Waals surface area (Å²) in [5.74, 6) is -3.64. The van der Waals surface area contributed by atoms with Gasteiger partial charge < -0.3 is 30.3 Å². The molecule has 1 fully saturated rings. The summed E-state index contributed by atoms with van der Waals surface area (Å²) in [6.45, 7) is 2.10. The minimum atomic E-state index is -2.15. The molecule has 0 radical (unpaired) electrons. The Hall–Kier alpha value is -0.730. The van der Waals surface area contributed by atoms with Gasteiger partial charge in [-0.15, -0.1) is 0 Å². The lowest BCUT2D eigenvalue weighted by molar-refractivity contribution is -0.343. The van der Waals surface area contributed by atoms with Gasteiger partial charge in [0.05, 0.1) is 0 Å². The Morgan fingerprint density at radius 3 is 2.19 bits per heavy atom. The Labute approximate surface area is 124 Å². The number of carboxylic acids is 1. The van der Waals surface area contributed by atoms with Crippen LogP contribution in [0.3, 0.4) is 0 Å². The van der Waals surface area contributed by atoms with E-state index in [1.807, 2.05) is 0 Å². The molecule has 0 aromatic rings. The molecule has 1 saturated heterocycles. The van der Waals surface area contributed by atoms with Crippen LogP contribution in [-0.4, -0.2) is 61.7 Å². The third kappa shape index (κ3) is 4.62. The molecule has 0 spiro atoms. The van der Waals surface area contributed by atoms with Crippen molar-refractivity contribution in [3.05, 3.63) is 0 Å². The summed E-state index contributed by atoms with van der Waals surface area (Å²) in [5, 5.41) is 48.2. The first kappa shape index (κ1) is 18.3. The lowest BCUT2D eigenvalue weighted by Gasteiger charge is -2.44. The van der Waals surface area contributed by atoms with Crippen molar-refractivity contribution in [2.75, 3.05) is 0 Å². The first-order valence-corrected chi connectivity index (χ1v) is 7.50. The molecule has 5 N–H and O–H groups in total. The fourth-order valence-corrected chi connectivity index (χ4v) is 2.55. The number of unbranched alkanes of at least 4 members (excludes halogenated alkanes) is 5. The molecule has 0 aliphatic carbocycles. The van der Waals surface area contributed by atoms with Gasteiger partial charge in [0.1, 0.15) is 18.3 Å². The van der Waals surface area contributed by atoms with Crippen molar-refractivity contribution in [1.82, 2.24) is 0 Å². The Morgan fingerprint density at radius 1 is 1.05 bits per heavy atom. The summed E-state index contributed by atoms with van der Waals surface area (Å²) in [6, 6.07) is 0. The van der Waals surface area contributed by atoms with Gasteiger partial charge in [0.2, 0.25) is 0 Å². The van der Waals surface area contributed by atoms with Crippen molar-refractivity contribution >= 4 is 5.97 Å². The van der Waals surface area contributed by atoms with Crippen LogP contribution in [0.4, 0.5) is 0 Å². The summed E-state index contributed by atoms with van der Waals surface area (Å²) >= 11 is 0. The Morgan fingerprint density at radius 2 is 1.62 bits per heavy atom. The molecule has 5 atom stereocenters. The van der Waals surface area contributed by atoms with Crippen LogP contribution in [0, 0.1) is 0 Å². The Kier molecular flexibility index (Phi) is 7.02. The molecule has 7 heteroatoms. The normalized spacial score (nSPS) is 36.6. The lowest BCUT2D eigenvalue weighted by Crippen LogP contribution is -2.66. The minimum Gasteiger partial charge on any atom is -0.479 e. The van der Waals surface area contributed by atoms with Gasteiger partial charge in [0, 0.05) is 6.42 Å². The van der Waals surface area contributed by atoms with Gasteiger partial charge in [-0.1, -0.05) is 39.0 Å². The molecule has 1 aliphatic heterocycles. The summed E-state index contributed by atoms with van der Waals surface area (Å²) in [5.41, 5.74) is 0. The molecule has 1 aliphatic rings. The first-order chi connectivity index (χ1) is 9.83. The maximum atomic E-state index is 11.0. The zero-order valence-electron chi connectivity index (χ0n) is 12.3. The Bertz CT molecular complexity index is 335. The third-order valence-corrected chi connectivity index (χ3v) is 3.91. The molecule has 0 amide bonds. The number of hydrogen-bond acceptors (Lipinski definition) is 6. The fraction of sp³-hybridized carbons (Fsp3) is 0.929. The molecule has 21 heavy (non-hydrogen) atoms.